The molecule has 1 aliphatic rings. The lowest BCUT2D eigenvalue weighted by atomic mass is 9.97. The van der Waals surface area contributed by atoms with Gasteiger partial charge in [0.15, 0.2) is 0 Å². The van der Waals surface area contributed by atoms with Crippen LogP contribution in [0.1, 0.15) is 29.0 Å². The second-order valence-electron chi connectivity index (χ2n) is 6.43. The number of nitrogens with one attached hydrogen (secondary N) is 2. The number of aromatic amines is 1. The smallest absolute Gasteiger partial charge is 0.138 e. The lowest BCUT2D eigenvalue weighted by Gasteiger charge is -2.12. The minimum atomic E-state index is 0.535. The molecule has 0 spiro atoms. The molecule has 9 heteroatoms. The highest BCUT2D eigenvalue weighted by Gasteiger charge is 2.20. The minimum absolute atomic E-state index is 0.535. The Bertz CT molecular complexity index is 1080. The first-order valence-electron chi connectivity index (χ1n) is 8.68. The van der Waals surface area contributed by atoms with Crippen LogP contribution in [0.2, 0.25) is 0 Å². The quantitative estimate of drug-likeness (QED) is 0.576. The second-order valence-corrected chi connectivity index (χ2v) is 7.51. The van der Waals surface area contributed by atoms with E-state index >= 15 is 0 Å². The summed E-state index contributed by atoms with van der Waals surface area (Å²) in [5.74, 6) is 0.883. The van der Waals surface area contributed by atoms with Gasteiger partial charge in [-0.25, -0.2) is 9.97 Å². The molecule has 0 radical (unpaired) electrons. The van der Waals surface area contributed by atoms with E-state index in [0.29, 0.717) is 6.54 Å². The van der Waals surface area contributed by atoms with Gasteiger partial charge in [-0.05, 0) is 37.3 Å². The number of aryl methyl sites for hydroxylation is 3. The van der Waals surface area contributed by atoms with Crippen LogP contribution >= 0.6 is 11.3 Å². The Labute approximate surface area is 153 Å². The molecule has 8 nitrogen and oxygen atoms in total. The van der Waals surface area contributed by atoms with Crippen LogP contribution in [0.5, 0.6) is 0 Å². The van der Waals surface area contributed by atoms with Crippen molar-refractivity contribution in [2.24, 2.45) is 7.05 Å². The Balaban J connectivity index is 1.48. The first-order chi connectivity index (χ1) is 12.8. The molecule has 26 heavy (non-hydrogen) atoms. The SMILES string of the molecule is Cn1nccc1-c1n[nH]nc1CNc1ncnc2sc3c(c12)CCCC3. The van der Waals surface area contributed by atoms with Crippen molar-refractivity contribution in [3.05, 3.63) is 34.7 Å². The molecule has 0 aromatic carbocycles. The molecule has 132 valence electrons. The molecular formula is C17H18N8S. The molecule has 0 saturated heterocycles. The lowest BCUT2D eigenvalue weighted by Crippen LogP contribution is -2.06. The molecule has 0 fully saturated rings. The lowest BCUT2D eigenvalue weighted by molar-refractivity contribution is 0.700. The Morgan fingerprint density at radius 1 is 1.23 bits per heavy atom. The Morgan fingerprint density at radius 3 is 3.04 bits per heavy atom. The van der Waals surface area contributed by atoms with Crippen LogP contribution in [0.15, 0.2) is 18.6 Å². The van der Waals surface area contributed by atoms with Crippen molar-refractivity contribution < 1.29 is 0 Å². The average Bonchev–Trinajstić information content (AvgIpc) is 3.37. The summed E-state index contributed by atoms with van der Waals surface area (Å²) in [7, 11) is 1.90. The number of fused-ring (bicyclic) bond motifs is 3. The van der Waals surface area contributed by atoms with Crippen molar-refractivity contribution >= 4 is 27.4 Å². The summed E-state index contributed by atoms with van der Waals surface area (Å²) in [6.07, 6.45) is 8.17. The van der Waals surface area contributed by atoms with Crippen LogP contribution in [0, 0.1) is 0 Å². The monoisotopic (exact) mass is 366 g/mol. The third-order valence-electron chi connectivity index (χ3n) is 4.86. The summed E-state index contributed by atoms with van der Waals surface area (Å²) in [4.78, 5) is 11.5. The standard InChI is InChI=1S/C17H18N8S/c1-25-12(6-7-21-25)15-11(22-24-23-15)8-18-16-14-10-4-2-3-5-13(10)26-17(14)20-9-19-16/h6-7,9H,2-5,8H2,1H3,(H,18,19,20)(H,22,23,24). The average molecular weight is 366 g/mol. The second kappa shape index (κ2) is 6.17. The Morgan fingerprint density at radius 2 is 2.15 bits per heavy atom. The molecule has 0 unspecified atom stereocenters. The van der Waals surface area contributed by atoms with Crippen molar-refractivity contribution in [3.8, 4) is 11.4 Å². The predicted octanol–water partition coefficient (Wildman–Crippen LogP) is 2.70. The van der Waals surface area contributed by atoms with Crippen molar-refractivity contribution in [1.29, 1.82) is 0 Å². The number of hydrogen-bond acceptors (Lipinski definition) is 7. The predicted molar refractivity (Wildman–Crippen MR) is 100.0 cm³/mol. The summed E-state index contributed by atoms with van der Waals surface area (Å²) >= 11 is 1.80. The van der Waals surface area contributed by atoms with E-state index in [4.69, 9.17) is 0 Å². The van der Waals surface area contributed by atoms with E-state index in [1.165, 1.54) is 28.7 Å². The van der Waals surface area contributed by atoms with Crippen LogP contribution < -0.4 is 5.32 Å². The topological polar surface area (TPSA) is 97.2 Å². The number of rotatable bonds is 4. The van der Waals surface area contributed by atoms with Crippen molar-refractivity contribution in [3.63, 3.8) is 0 Å². The zero-order valence-corrected chi connectivity index (χ0v) is 15.2. The maximum atomic E-state index is 4.51. The molecule has 4 aromatic rings. The molecule has 0 amide bonds. The molecular weight excluding hydrogens is 348 g/mol. The molecule has 5 rings (SSSR count). The van der Waals surface area contributed by atoms with Crippen molar-refractivity contribution in [2.45, 2.75) is 32.2 Å². The fourth-order valence-electron chi connectivity index (χ4n) is 3.58. The van der Waals surface area contributed by atoms with Crippen LogP contribution in [-0.2, 0) is 26.4 Å². The van der Waals surface area contributed by atoms with E-state index in [9.17, 15) is 0 Å². The number of thiophene rings is 1. The molecule has 4 aromatic heterocycles. The van der Waals surface area contributed by atoms with Crippen molar-refractivity contribution in [2.75, 3.05) is 5.32 Å². The summed E-state index contributed by atoms with van der Waals surface area (Å²) in [6.45, 7) is 0.535. The van der Waals surface area contributed by atoms with Gasteiger partial charge in [0.2, 0.25) is 0 Å². The fourth-order valence-corrected chi connectivity index (χ4v) is 4.81. The first kappa shape index (κ1) is 15.4. The van der Waals surface area contributed by atoms with Crippen LogP contribution in [-0.4, -0.2) is 35.2 Å². The number of anilines is 1. The van der Waals surface area contributed by atoms with E-state index in [-0.39, 0.29) is 0 Å². The van der Waals surface area contributed by atoms with Crippen LogP contribution in [0.3, 0.4) is 0 Å². The normalized spacial score (nSPS) is 13.9. The molecule has 0 bridgehead atoms. The zero-order valence-electron chi connectivity index (χ0n) is 14.4. The van der Waals surface area contributed by atoms with E-state index in [0.717, 1.165) is 40.6 Å². The van der Waals surface area contributed by atoms with Gasteiger partial charge >= 0.3 is 0 Å². The minimum Gasteiger partial charge on any atom is -0.364 e. The van der Waals surface area contributed by atoms with E-state index < -0.39 is 0 Å². The van der Waals surface area contributed by atoms with Gasteiger partial charge in [-0.3, -0.25) is 4.68 Å². The number of nitrogens with zero attached hydrogens (tertiary/aromatic N) is 6. The van der Waals surface area contributed by atoms with E-state index in [1.807, 2.05) is 13.1 Å². The van der Waals surface area contributed by atoms with Gasteiger partial charge in [0.1, 0.15) is 28.4 Å². The number of H-pyrrole nitrogens is 1. The van der Waals surface area contributed by atoms with Crippen LogP contribution in [0.4, 0.5) is 5.82 Å². The largest absolute Gasteiger partial charge is 0.364 e. The number of aromatic nitrogens is 7. The van der Waals surface area contributed by atoms with E-state index in [1.54, 1.807) is 28.5 Å². The molecule has 0 saturated carbocycles. The maximum Gasteiger partial charge on any atom is 0.138 e. The number of hydrogen-bond donors (Lipinski definition) is 2. The molecule has 0 aliphatic heterocycles. The van der Waals surface area contributed by atoms with Gasteiger partial charge < -0.3 is 5.32 Å². The summed E-state index contributed by atoms with van der Waals surface area (Å²) in [5.41, 5.74) is 3.99. The van der Waals surface area contributed by atoms with Crippen LogP contribution in [0.25, 0.3) is 21.6 Å². The zero-order chi connectivity index (χ0) is 17.5. The third-order valence-corrected chi connectivity index (χ3v) is 6.06. The highest BCUT2D eigenvalue weighted by molar-refractivity contribution is 7.19. The fraction of sp³-hybridized carbons (Fsp3) is 0.353. The maximum absolute atomic E-state index is 4.51. The van der Waals surface area contributed by atoms with Crippen molar-refractivity contribution in [1.82, 2.24) is 35.2 Å². The van der Waals surface area contributed by atoms with Gasteiger partial charge in [0.25, 0.3) is 0 Å². The molecule has 4 heterocycles. The molecule has 0 atom stereocenters. The first-order valence-corrected chi connectivity index (χ1v) is 9.50. The van der Waals surface area contributed by atoms with Gasteiger partial charge in [-0.1, -0.05) is 0 Å². The summed E-state index contributed by atoms with van der Waals surface area (Å²) < 4.78 is 1.79. The van der Waals surface area contributed by atoms with Gasteiger partial charge in [0, 0.05) is 18.1 Å². The summed E-state index contributed by atoms with van der Waals surface area (Å²) in [6, 6.07) is 1.93. The Hall–Kier alpha value is -2.81. The molecule has 2 N–H and O–H groups in total. The molecule has 1 aliphatic carbocycles. The summed E-state index contributed by atoms with van der Waals surface area (Å²) in [5, 5.41) is 20.1. The highest BCUT2D eigenvalue weighted by Crippen LogP contribution is 2.38. The van der Waals surface area contributed by atoms with Gasteiger partial charge in [-0.2, -0.15) is 20.5 Å². The van der Waals surface area contributed by atoms with Gasteiger partial charge in [-0.15, -0.1) is 11.3 Å². The van der Waals surface area contributed by atoms with Gasteiger partial charge in [0.05, 0.1) is 17.6 Å². The highest BCUT2D eigenvalue weighted by atomic mass is 32.1. The Kier molecular flexibility index (Phi) is 3.66. The third kappa shape index (κ3) is 2.47. The van der Waals surface area contributed by atoms with E-state index in [2.05, 4.69) is 35.8 Å².